The van der Waals surface area contributed by atoms with Gasteiger partial charge in [0.15, 0.2) is 0 Å². The van der Waals surface area contributed by atoms with Crippen molar-refractivity contribution < 1.29 is 0 Å². The van der Waals surface area contributed by atoms with Gasteiger partial charge in [-0.1, -0.05) is 71.9 Å². The third-order valence-corrected chi connectivity index (χ3v) is 5.90. The molecule has 1 atom stereocenters. The highest BCUT2D eigenvalue weighted by atomic mass is 79.9. The minimum absolute atomic E-state index is 0.0620. The van der Waals surface area contributed by atoms with E-state index in [1.165, 1.54) is 26.9 Å². The molecule has 1 N–H and O–H groups in total. The van der Waals surface area contributed by atoms with Crippen molar-refractivity contribution in [3.8, 4) is 0 Å². The highest BCUT2D eigenvalue weighted by Gasteiger charge is 2.30. The van der Waals surface area contributed by atoms with Crippen LogP contribution in [0, 0.1) is 0 Å². The minimum atomic E-state index is -0.0620. The summed E-state index contributed by atoms with van der Waals surface area (Å²) in [5.41, 5.74) is 2.48. The van der Waals surface area contributed by atoms with Crippen LogP contribution in [0.4, 0.5) is 5.69 Å². The maximum Gasteiger partial charge on any atom is 0.0382 e. The van der Waals surface area contributed by atoms with E-state index < -0.39 is 0 Å². The maximum atomic E-state index is 4.13. The van der Waals surface area contributed by atoms with E-state index in [1.54, 1.807) is 11.3 Å². The number of rotatable bonds is 7. The first-order chi connectivity index (χ1) is 12.5. The van der Waals surface area contributed by atoms with Crippen molar-refractivity contribution >= 4 is 49.8 Å². The fourth-order valence-corrected chi connectivity index (χ4v) is 4.90. The van der Waals surface area contributed by atoms with Gasteiger partial charge >= 0.3 is 0 Å². The predicted molar refractivity (Wildman–Crippen MR) is 122 cm³/mol. The molecule has 1 unspecified atom stereocenters. The number of anilines is 1. The van der Waals surface area contributed by atoms with Crippen LogP contribution < -0.4 is 5.32 Å². The molecule has 0 radical (unpaired) electrons. The summed E-state index contributed by atoms with van der Waals surface area (Å²) in [6.07, 6.45) is 6.34. The third kappa shape index (κ3) is 4.11. The molecular formula is C23H24BrNS. The van der Waals surface area contributed by atoms with Crippen LogP contribution in [0.5, 0.6) is 0 Å². The average Bonchev–Trinajstić information content (AvgIpc) is 3.13. The third-order valence-electron chi connectivity index (χ3n) is 4.78. The lowest BCUT2D eigenvalue weighted by Crippen LogP contribution is -2.23. The summed E-state index contributed by atoms with van der Waals surface area (Å²) in [7, 11) is 2.00. The van der Waals surface area contributed by atoms with Crippen LogP contribution in [0.1, 0.15) is 30.2 Å². The summed E-state index contributed by atoms with van der Waals surface area (Å²) in [5, 5.41) is 8.10. The minimum Gasteiger partial charge on any atom is -0.388 e. The van der Waals surface area contributed by atoms with Crippen molar-refractivity contribution in [2.75, 3.05) is 12.4 Å². The Labute approximate surface area is 168 Å². The molecule has 134 valence electrons. The Morgan fingerprint density at radius 2 is 2.00 bits per heavy atom. The number of hydrogen-bond donors (Lipinski definition) is 1. The molecule has 0 bridgehead atoms. The van der Waals surface area contributed by atoms with E-state index in [4.69, 9.17) is 0 Å². The number of halogens is 1. The molecule has 0 fully saturated rings. The molecule has 0 aliphatic carbocycles. The van der Waals surface area contributed by atoms with Gasteiger partial charge in [0.2, 0.25) is 0 Å². The second-order valence-corrected chi connectivity index (χ2v) is 8.94. The molecule has 0 saturated carbocycles. The Morgan fingerprint density at radius 3 is 2.69 bits per heavy atom. The maximum absolute atomic E-state index is 4.13. The lowest BCUT2D eigenvalue weighted by molar-refractivity contribution is 0.489. The SMILES string of the molecule is C=C(Br)CC(C)(C/C=C/c1cccs1)c1c(NC)ccc2ccccc12. The molecule has 0 aliphatic heterocycles. The molecule has 0 aliphatic rings. The Hall–Kier alpha value is -1.84. The van der Waals surface area contributed by atoms with Crippen molar-refractivity contribution in [1.82, 2.24) is 0 Å². The van der Waals surface area contributed by atoms with Crippen molar-refractivity contribution in [3.05, 3.63) is 81.5 Å². The largest absolute Gasteiger partial charge is 0.388 e. The van der Waals surface area contributed by atoms with Crippen LogP contribution in [-0.4, -0.2) is 7.05 Å². The first-order valence-electron chi connectivity index (χ1n) is 8.77. The number of nitrogens with one attached hydrogen (secondary N) is 1. The van der Waals surface area contributed by atoms with Crippen molar-refractivity contribution in [2.24, 2.45) is 0 Å². The van der Waals surface area contributed by atoms with Crippen LogP contribution in [0.2, 0.25) is 0 Å². The summed E-state index contributed by atoms with van der Waals surface area (Å²) >= 11 is 5.38. The van der Waals surface area contributed by atoms with E-state index in [0.29, 0.717) is 0 Å². The molecule has 1 heterocycles. The topological polar surface area (TPSA) is 12.0 Å². The smallest absolute Gasteiger partial charge is 0.0382 e. The molecule has 0 amide bonds. The zero-order valence-electron chi connectivity index (χ0n) is 15.3. The molecule has 0 saturated heterocycles. The van der Waals surface area contributed by atoms with Gasteiger partial charge in [0.25, 0.3) is 0 Å². The molecule has 26 heavy (non-hydrogen) atoms. The van der Waals surface area contributed by atoms with Gasteiger partial charge in [0.05, 0.1) is 0 Å². The monoisotopic (exact) mass is 425 g/mol. The average molecular weight is 426 g/mol. The van der Waals surface area contributed by atoms with E-state index in [9.17, 15) is 0 Å². The Morgan fingerprint density at radius 1 is 1.19 bits per heavy atom. The van der Waals surface area contributed by atoms with E-state index >= 15 is 0 Å². The number of benzene rings is 2. The fraction of sp³-hybridized carbons (Fsp3) is 0.217. The number of thiophene rings is 1. The van der Waals surface area contributed by atoms with Gasteiger partial charge in [-0.3, -0.25) is 0 Å². The molecule has 3 rings (SSSR count). The number of fused-ring (bicyclic) bond motifs is 1. The lowest BCUT2D eigenvalue weighted by Gasteiger charge is -2.32. The summed E-state index contributed by atoms with van der Waals surface area (Å²) in [4.78, 5) is 1.29. The first-order valence-corrected chi connectivity index (χ1v) is 10.4. The van der Waals surface area contributed by atoms with Gasteiger partial charge < -0.3 is 5.32 Å². The summed E-state index contributed by atoms with van der Waals surface area (Å²) in [5.74, 6) is 0. The second kappa shape index (κ2) is 8.24. The fourth-order valence-electron chi connectivity index (χ4n) is 3.64. The molecule has 1 nitrogen and oxygen atoms in total. The van der Waals surface area contributed by atoms with Gasteiger partial charge in [-0.15, -0.1) is 11.3 Å². The first kappa shape index (κ1) is 18.9. The predicted octanol–water partition coefficient (Wildman–Crippen LogP) is 7.60. The molecule has 3 heteroatoms. The summed E-state index contributed by atoms with van der Waals surface area (Å²) < 4.78 is 1.03. The normalized spacial score (nSPS) is 13.8. The van der Waals surface area contributed by atoms with Gasteiger partial charge in [0, 0.05) is 23.0 Å². The van der Waals surface area contributed by atoms with Gasteiger partial charge in [-0.25, -0.2) is 0 Å². The quantitative estimate of drug-likeness (QED) is 0.410. The Bertz CT molecular complexity index is 927. The van der Waals surface area contributed by atoms with Crippen molar-refractivity contribution in [3.63, 3.8) is 0 Å². The van der Waals surface area contributed by atoms with Crippen molar-refractivity contribution in [1.29, 1.82) is 0 Å². The molecule has 2 aromatic carbocycles. The number of hydrogen-bond acceptors (Lipinski definition) is 2. The standard InChI is InChI=1S/C23H24BrNS/c1-17(24)16-23(2,14-6-9-19-10-7-15-26-19)22-20-11-5-4-8-18(20)12-13-21(22)25-3/h4-13,15,25H,1,14,16H2,2-3H3/b9-6+. The van der Waals surface area contributed by atoms with Crippen LogP contribution in [0.15, 0.2) is 71.0 Å². The molecule has 3 aromatic rings. The van der Waals surface area contributed by atoms with Gasteiger partial charge in [-0.2, -0.15) is 0 Å². The van der Waals surface area contributed by atoms with E-state index in [0.717, 1.165) is 17.3 Å². The van der Waals surface area contributed by atoms with Gasteiger partial charge in [0.1, 0.15) is 0 Å². The van der Waals surface area contributed by atoms with Crippen LogP contribution in [0.25, 0.3) is 16.8 Å². The Balaban J connectivity index is 2.09. The zero-order chi connectivity index (χ0) is 18.6. The Kier molecular flexibility index (Phi) is 6.00. The van der Waals surface area contributed by atoms with E-state index in [1.807, 2.05) is 7.05 Å². The van der Waals surface area contributed by atoms with Crippen LogP contribution >= 0.6 is 27.3 Å². The van der Waals surface area contributed by atoms with E-state index in [-0.39, 0.29) is 5.41 Å². The van der Waals surface area contributed by atoms with Crippen molar-refractivity contribution in [2.45, 2.75) is 25.2 Å². The second-order valence-electron chi connectivity index (χ2n) is 6.84. The summed E-state index contributed by atoms with van der Waals surface area (Å²) in [6.45, 7) is 6.47. The van der Waals surface area contributed by atoms with Crippen LogP contribution in [0.3, 0.4) is 0 Å². The molecule has 0 spiro atoms. The summed E-state index contributed by atoms with van der Waals surface area (Å²) in [6, 6.07) is 17.3. The molecule has 1 aromatic heterocycles. The lowest BCUT2D eigenvalue weighted by atomic mass is 9.74. The zero-order valence-corrected chi connectivity index (χ0v) is 17.7. The highest BCUT2D eigenvalue weighted by Crippen LogP contribution is 2.43. The molecular weight excluding hydrogens is 402 g/mol. The van der Waals surface area contributed by atoms with Crippen LogP contribution in [-0.2, 0) is 5.41 Å². The highest BCUT2D eigenvalue weighted by molar-refractivity contribution is 9.11. The van der Waals surface area contributed by atoms with Gasteiger partial charge in [-0.05, 0) is 57.2 Å². The van der Waals surface area contributed by atoms with E-state index in [2.05, 4.69) is 101 Å². The number of allylic oxidation sites excluding steroid dienone is 2.